The van der Waals surface area contributed by atoms with Crippen LogP contribution in [0.5, 0.6) is 0 Å². The monoisotopic (exact) mass is 443 g/mol. The first-order valence-corrected chi connectivity index (χ1v) is 12.2. The first-order valence-electron chi connectivity index (χ1n) is 11.4. The van der Waals surface area contributed by atoms with Gasteiger partial charge in [-0.05, 0) is 64.5 Å². The van der Waals surface area contributed by atoms with Gasteiger partial charge in [-0.25, -0.2) is 9.78 Å². The summed E-state index contributed by atoms with van der Waals surface area (Å²) in [5.74, 6) is 1.07. The molecule has 2 aromatic rings. The summed E-state index contributed by atoms with van der Waals surface area (Å²) in [5.41, 5.74) is 0.611. The van der Waals surface area contributed by atoms with Crippen LogP contribution in [0, 0.1) is 5.92 Å². The van der Waals surface area contributed by atoms with Crippen molar-refractivity contribution in [3.63, 3.8) is 0 Å². The molecule has 0 aliphatic carbocycles. The third kappa shape index (κ3) is 5.56. The lowest BCUT2D eigenvalue weighted by molar-refractivity contribution is -0.133. The van der Waals surface area contributed by atoms with Crippen LogP contribution >= 0.6 is 11.3 Å². The second kappa shape index (κ2) is 9.15. The van der Waals surface area contributed by atoms with Crippen LogP contribution in [0.2, 0.25) is 0 Å². The zero-order valence-corrected chi connectivity index (χ0v) is 19.6. The van der Waals surface area contributed by atoms with Crippen molar-refractivity contribution < 1.29 is 14.3 Å². The van der Waals surface area contributed by atoms with Gasteiger partial charge in [-0.1, -0.05) is 12.1 Å². The maximum absolute atomic E-state index is 12.9. The van der Waals surface area contributed by atoms with Crippen molar-refractivity contribution in [2.45, 2.75) is 64.4 Å². The summed E-state index contributed by atoms with van der Waals surface area (Å²) >= 11 is 1.79. The molecule has 1 aromatic carbocycles. The van der Waals surface area contributed by atoms with Crippen molar-refractivity contribution in [2.75, 3.05) is 26.2 Å². The van der Waals surface area contributed by atoms with Gasteiger partial charge in [-0.2, -0.15) is 0 Å². The molecule has 168 valence electrons. The topological polar surface area (TPSA) is 62.7 Å². The van der Waals surface area contributed by atoms with Crippen molar-refractivity contribution >= 4 is 33.6 Å². The van der Waals surface area contributed by atoms with Crippen molar-refractivity contribution in [3.8, 4) is 0 Å². The molecular weight excluding hydrogens is 410 g/mol. The number of aromatic nitrogens is 1. The molecule has 2 aliphatic rings. The van der Waals surface area contributed by atoms with Crippen LogP contribution in [0.3, 0.4) is 0 Å². The van der Waals surface area contributed by atoms with Gasteiger partial charge in [0, 0.05) is 38.5 Å². The van der Waals surface area contributed by atoms with E-state index in [0.29, 0.717) is 31.3 Å². The summed E-state index contributed by atoms with van der Waals surface area (Å²) in [4.78, 5) is 33.7. The van der Waals surface area contributed by atoms with Crippen LogP contribution in [0.4, 0.5) is 4.79 Å². The Balaban J connectivity index is 1.22. The minimum atomic E-state index is -0.471. The number of nitrogens with zero attached hydrogens (tertiary/aromatic N) is 3. The lowest BCUT2D eigenvalue weighted by atomic mass is 9.92. The quantitative estimate of drug-likeness (QED) is 0.667. The molecular formula is C24H33N3O3S. The fourth-order valence-electron chi connectivity index (χ4n) is 4.46. The number of amides is 2. The molecule has 1 aromatic heterocycles. The minimum Gasteiger partial charge on any atom is -0.444 e. The number of thiazole rings is 1. The number of ether oxygens (including phenoxy) is 1. The van der Waals surface area contributed by atoms with E-state index in [2.05, 4.69) is 18.2 Å². The molecule has 7 heteroatoms. The number of carbonyl (C=O) groups is 2. The zero-order chi connectivity index (χ0) is 22.0. The van der Waals surface area contributed by atoms with Gasteiger partial charge in [0.1, 0.15) is 5.60 Å². The highest BCUT2D eigenvalue weighted by Gasteiger charge is 2.30. The highest BCUT2D eigenvalue weighted by atomic mass is 32.1. The maximum Gasteiger partial charge on any atom is 0.410 e. The Morgan fingerprint density at radius 1 is 1.03 bits per heavy atom. The van der Waals surface area contributed by atoms with Crippen LogP contribution in [0.15, 0.2) is 24.3 Å². The first kappa shape index (κ1) is 22.1. The average Bonchev–Trinajstić information content (AvgIpc) is 3.17. The van der Waals surface area contributed by atoms with Crippen molar-refractivity contribution in [1.82, 2.24) is 14.8 Å². The standard InChI is InChI=1S/C24H33N3O3S/c1-24(2,3)30-23(29)27-12-8-17(9-13-27)16-21(28)26-14-10-18(11-15-26)22-25-19-6-4-5-7-20(19)31-22/h4-7,17-18H,8-16H2,1-3H3. The Kier molecular flexibility index (Phi) is 6.51. The van der Waals surface area contributed by atoms with E-state index in [0.717, 1.165) is 44.3 Å². The number of rotatable bonds is 3. The fourth-order valence-corrected chi connectivity index (χ4v) is 5.60. The highest BCUT2D eigenvalue weighted by Crippen LogP contribution is 2.34. The molecule has 2 fully saturated rings. The molecule has 3 heterocycles. The highest BCUT2D eigenvalue weighted by molar-refractivity contribution is 7.18. The summed E-state index contributed by atoms with van der Waals surface area (Å²) in [6.45, 7) is 8.63. The van der Waals surface area contributed by atoms with Gasteiger partial charge in [0.25, 0.3) is 0 Å². The summed E-state index contributed by atoms with van der Waals surface area (Å²) in [5, 5.41) is 1.21. The van der Waals surface area contributed by atoms with Crippen LogP contribution in [-0.2, 0) is 9.53 Å². The lowest BCUT2D eigenvalue weighted by Crippen LogP contribution is -2.43. The van der Waals surface area contributed by atoms with Gasteiger partial charge in [0.15, 0.2) is 0 Å². The summed E-state index contributed by atoms with van der Waals surface area (Å²) in [6.07, 6.45) is 4.06. The molecule has 2 aliphatic heterocycles. The molecule has 0 bridgehead atoms. The van der Waals surface area contributed by atoms with E-state index in [4.69, 9.17) is 9.72 Å². The smallest absolute Gasteiger partial charge is 0.410 e. The number of benzene rings is 1. The molecule has 2 saturated heterocycles. The second-order valence-electron chi connectivity index (χ2n) is 9.79. The van der Waals surface area contributed by atoms with E-state index < -0.39 is 5.60 Å². The van der Waals surface area contributed by atoms with Crippen LogP contribution < -0.4 is 0 Å². The predicted octanol–water partition coefficient (Wildman–Crippen LogP) is 5.04. The Labute approximate surface area is 188 Å². The normalized spacial score (nSPS) is 19.1. The molecule has 0 spiro atoms. The molecule has 6 nitrogen and oxygen atoms in total. The van der Waals surface area contributed by atoms with Crippen molar-refractivity contribution in [2.24, 2.45) is 5.92 Å². The fraction of sp³-hybridized carbons (Fsp3) is 0.625. The van der Waals surface area contributed by atoms with E-state index in [-0.39, 0.29) is 12.0 Å². The third-order valence-electron chi connectivity index (χ3n) is 6.24. The summed E-state index contributed by atoms with van der Waals surface area (Å²) < 4.78 is 6.71. The number of likely N-dealkylation sites (tertiary alicyclic amines) is 2. The maximum atomic E-state index is 12.9. The number of hydrogen-bond acceptors (Lipinski definition) is 5. The Morgan fingerprint density at radius 2 is 1.68 bits per heavy atom. The third-order valence-corrected chi connectivity index (χ3v) is 7.44. The number of para-hydroxylation sites is 1. The number of piperidine rings is 2. The Hall–Kier alpha value is -2.15. The van der Waals surface area contributed by atoms with E-state index >= 15 is 0 Å². The van der Waals surface area contributed by atoms with Gasteiger partial charge in [0.05, 0.1) is 15.2 Å². The van der Waals surface area contributed by atoms with E-state index in [1.54, 1.807) is 16.2 Å². The van der Waals surface area contributed by atoms with Gasteiger partial charge < -0.3 is 14.5 Å². The zero-order valence-electron chi connectivity index (χ0n) is 18.8. The SMILES string of the molecule is CC(C)(C)OC(=O)N1CCC(CC(=O)N2CCC(c3nc4ccccc4s3)CC2)CC1. The van der Waals surface area contributed by atoms with Crippen molar-refractivity contribution in [3.05, 3.63) is 29.3 Å². The Bertz CT molecular complexity index is 887. The molecule has 0 N–H and O–H groups in total. The number of carbonyl (C=O) groups excluding carboxylic acids is 2. The van der Waals surface area contributed by atoms with Gasteiger partial charge in [0.2, 0.25) is 5.91 Å². The summed E-state index contributed by atoms with van der Waals surface area (Å²) in [7, 11) is 0. The number of hydrogen-bond donors (Lipinski definition) is 0. The summed E-state index contributed by atoms with van der Waals surface area (Å²) in [6, 6.07) is 8.29. The van der Waals surface area contributed by atoms with Gasteiger partial charge >= 0.3 is 6.09 Å². The molecule has 0 radical (unpaired) electrons. The van der Waals surface area contributed by atoms with E-state index in [1.807, 2.05) is 31.7 Å². The van der Waals surface area contributed by atoms with Crippen LogP contribution in [-0.4, -0.2) is 58.6 Å². The van der Waals surface area contributed by atoms with Crippen LogP contribution in [0.1, 0.15) is 63.8 Å². The van der Waals surface area contributed by atoms with Gasteiger partial charge in [-0.3, -0.25) is 4.79 Å². The number of fused-ring (bicyclic) bond motifs is 1. The molecule has 0 unspecified atom stereocenters. The average molecular weight is 444 g/mol. The van der Waals surface area contributed by atoms with Crippen molar-refractivity contribution in [1.29, 1.82) is 0 Å². The molecule has 4 rings (SSSR count). The largest absolute Gasteiger partial charge is 0.444 e. The molecule has 2 amide bonds. The predicted molar refractivity (Wildman–Crippen MR) is 123 cm³/mol. The van der Waals surface area contributed by atoms with E-state index in [9.17, 15) is 9.59 Å². The minimum absolute atomic E-state index is 0.241. The molecule has 0 saturated carbocycles. The molecule has 0 atom stereocenters. The molecule has 31 heavy (non-hydrogen) atoms. The lowest BCUT2D eigenvalue weighted by Gasteiger charge is -2.35. The Morgan fingerprint density at radius 3 is 2.32 bits per heavy atom. The first-order chi connectivity index (χ1) is 14.8. The van der Waals surface area contributed by atoms with Crippen LogP contribution in [0.25, 0.3) is 10.2 Å². The van der Waals surface area contributed by atoms with Gasteiger partial charge in [-0.15, -0.1) is 11.3 Å². The second-order valence-corrected chi connectivity index (χ2v) is 10.9. The van der Waals surface area contributed by atoms with E-state index in [1.165, 1.54) is 9.71 Å².